The van der Waals surface area contributed by atoms with Gasteiger partial charge in [0.25, 0.3) is 0 Å². The summed E-state index contributed by atoms with van der Waals surface area (Å²) in [5.41, 5.74) is 6.82. The molecule has 0 amide bonds. The summed E-state index contributed by atoms with van der Waals surface area (Å²) in [7, 11) is -3.53. The van der Waals surface area contributed by atoms with E-state index in [-0.39, 0.29) is 11.4 Å². The second-order valence-corrected chi connectivity index (χ2v) is 7.32. The van der Waals surface area contributed by atoms with Crippen molar-refractivity contribution in [2.75, 3.05) is 25.1 Å². The van der Waals surface area contributed by atoms with E-state index in [4.69, 9.17) is 5.73 Å². The van der Waals surface area contributed by atoms with Gasteiger partial charge in [-0.3, -0.25) is 0 Å². The summed E-state index contributed by atoms with van der Waals surface area (Å²) >= 11 is 1.76. The largest absolute Gasteiger partial charge is 0.320 e. The Hall–Kier alpha value is -1.00. The van der Waals surface area contributed by atoms with E-state index < -0.39 is 10.0 Å². The fourth-order valence-electron chi connectivity index (χ4n) is 1.78. The van der Waals surface area contributed by atoms with Gasteiger partial charge in [0.1, 0.15) is 0 Å². The fraction of sp³-hybridized carbons (Fsp3) is 0.467. The molecule has 0 atom stereocenters. The summed E-state index contributed by atoms with van der Waals surface area (Å²) in [6.07, 6.45) is 3.87. The van der Waals surface area contributed by atoms with E-state index in [1.54, 1.807) is 30.0 Å². The van der Waals surface area contributed by atoms with Gasteiger partial charge >= 0.3 is 0 Å². The summed E-state index contributed by atoms with van der Waals surface area (Å²) in [5, 5.41) is 0. The van der Waals surface area contributed by atoms with Crippen LogP contribution in [0.25, 0.3) is 0 Å². The molecule has 0 radical (unpaired) electrons. The third-order valence-electron chi connectivity index (χ3n) is 2.82. The van der Waals surface area contributed by atoms with Crippen molar-refractivity contribution in [1.82, 2.24) is 4.72 Å². The first-order valence-electron chi connectivity index (χ1n) is 6.79. The first-order valence-corrected chi connectivity index (χ1v) is 9.67. The Kier molecular flexibility index (Phi) is 7.83. The first-order chi connectivity index (χ1) is 10.0. The van der Waals surface area contributed by atoms with E-state index in [1.165, 1.54) is 0 Å². The van der Waals surface area contributed by atoms with Crippen LogP contribution in [0.5, 0.6) is 0 Å². The molecule has 1 aromatic carbocycles. The lowest BCUT2D eigenvalue weighted by Gasteiger charge is -2.09. The number of benzene rings is 1. The van der Waals surface area contributed by atoms with Crippen LogP contribution in [0.2, 0.25) is 0 Å². The third kappa shape index (κ3) is 6.10. The lowest BCUT2D eigenvalue weighted by molar-refractivity contribution is 0.578. The van der Waals surface area contributed by atoms with Gasteiger partial charge < -0.3 is 5.73 Å². The van der Waals surface area contributed by atoms with Gasteiger partial charge in [0, 0.05) is 12.1 Å². The molecule has 4 nitrogen and oxygen atoms in total. The molecule has 21 heavy (non-hydrogen) atoms. The minimum absolute atomic E-state index is 0.204. The molecule has 0 saturated heterocycles. The highest BCUT2D eigenvalue weighted by Crippen LogP contribution is 2.16. The molecule has 0 bridgehead atoms. The Morgan fingerprint density at radius 1 is 1.33 bits per heavy atom. The van der Waals surface area contributed by atoms with Crippen molar-refractivity contribution in [2.24, 2.45) is 5.73 Å². The Morgan fingerprint density at radius 3 is 2.76 bits per heavy atom. The fourth-order valence-corrected chi connectivity index (χ4v) is 3.49. The van der Waals surface area contributed by atoms with E-state index in [1.807, 2.05) is 13.2 Å². The van der Waals surface area contributed by atoms with Crippen LogP contribution >= 0.6 is 11.8 Å². The SMILES string of the molecule is CSCCCCNS(=O)(=O)c1ccc(C)cc1C#CCN. The van der Waals surface area contributed by atoms with Crippen LogP contribution in [0.3, 0.4) is 0 Å². The molecular formula is C15H22N2O2S2. The van der Waals surface area contributed by atoms with Gasteiger partial charge in [-0.15, -0.1) is 0 Å². The van der Waals surface area contributed by atoms with Crippen molar-refractivity contribution in [3.05, 3.63) is 29.3 Å². The number of rotatable bonds is 7. The number of hydrogen-bond donors (Lipinski definition) is 2. The zero-order valence-electron chi connectivity index (χ0n) is 12.5. The van der Waals surface area contributed by atoms with Crippen LogP contribution in [0.4, 0.5) is 0 Å². The monoisotopic (exact) mass is 326 g/mol. The predicted octanol–water partition coefficient (Wildman–Crippen LogP) is 1.73. The number of nitrogens with one attached hydrogen (secondary N) is 1. The zero-order chi connectivity index (χ0) is 15.7. The molecule has 0 saturated carbocycles. The topological polar surface area (TPSA) is 72.2 Å². The second kappa shape index (κ2) is 9.11. The molecule has 0 aliphatic carbocycles. The van der Waals surface area contributed by atoms with Crippen LogP contribution in [0.1, 0.15) is 24.0 Å². The summed E-state index contributed by atoms with van der Waals surface area (Å²) in [5.74, 6) is 6.59. The van der Waals surface area contributed by atoms with Gasteiger partial charge in [0.2, 0.25) is 10.0 Å². The Morgan fingerprint density at radius 2 is 2.10 bits per heavy atom. The minimum atomic E-state index is -3.53. The van der Waals surface area contributed by atoms with Crippen LogP contribution in [-0.2, 0) is 10.0 Å². The first kappa shape index (κ1) is 18.1. The predicted molar refractivity (Wildman–Crippen MR) is 89.9 cm³/mol. The van der Waals surface area contributed by atoms with Crippen LogP contribution in [-0.4, -0.2) is 33.5 Å². The van der Waals surface area contributed by atoms with Gasteiger partial charge in [0.15, 0.2) is 0 Å². The lowest BCUT2D eigenvalue weighted by Crippen LogP contribution is -2.25. The zero-order valence-corrected chi connectivity index (χ0v) is 14.1. The number of nitrogens with two attached hydrogens (primary N) is 1. The van der Waals surface area contributed by atoms with Crippen molar-refractivity contribution < 1.29 is 8.42 Å². The standard InChI is InChI=1S/C15H22N2O2S2/c1-13-7-8-15(14(12-13)6-5-9-16)21(18,19)17-10-3-4-11-20-2/h7-8,12,17H,3-4,9-11,16H2,1-2H3. The van der Waals surface area contributed by atoms with Crippen LogP contribution in [0.15, 0.2) is 23.1 Å². The van der Waals surface area contributed by atoms with Crippen LogP contribution < -0.4 is 10.5 Å². The molecule has 0 aliphatic heterocycles. The van der Waals surface area contributed by atoms with Gasteiger partial charge in [-0.25, -0.2) is 13.1 Å². The highest BCUT2D eigenvalue weighted by molar-refractivity contribution is 7.98. The molecule has 0 heterocycles. The summed E-state index contributed by atoms with van der Waals surface area (Å²) in [6.45, 7) is 2.55. The van der Waals surface area contributed by atoms with E-state index in [9.17, 15) is 8.42 Å². The van der Waals surface area contributed by atoms with Crippen molar-refractivity contribution in [1.29, 1.82) is 0 Å². The lowest BCUT2D eigenvalue weighted by atomic mass is 10.1. The quantitative estimate of drug-likeness (QED) is 0.591. The van der Waals surface area contributed by atoms with E-state index in [0.717, 1.165) is 24.2 Å². The van der Waals surface area contributed by atoms with E-state index >= 15 is 0 Å². The molecule has 1 rings (SSSR count). The van der Waals surface area contributed by atoms with Crippen molar-refractivity contribution in [3.8, 4) is 11.8 Å². The maximum absolute atomic E-state index is 12.3. The minimum Gasteiger partial charge on any atom is -0.320 e. The van der Waals surface area contributed by atoms with Crippen molar-refractivity contribution >= 4 is 21.8 Å². The summed E-state index contributed by atoms with van der Waals surface area (Å²) in [6, 6.07) is 5.14. The molecule has 3 N–H and O–H groups in total. The van der Waals surface area contributed by atoms with Gasteiger partial charge in [-0.2, -0.15) is 11.8 Å². The van der Waals surface area contributed by atoms with Gasteiger partial charge in [-0.1, -0.05) is 17.9 Å². The van der Waals surface area contributed by atoms with E-state index in [2.05, 4.69) is 16.6 Å². The summed E-state index contributed by atoms with van der Waals surface area (Å²) < 4.78 is 27.3. The van der Waals surface area contributed by atoms with Gasteiger partial charge in [0.05, 0.1) is 11.4 Å². The molecule has 1 aromatic rings. The number of unbranched alkanes of at least 4 members (excludes halogenated alkanes) is 1. The maximum Gasteiger partial charge on any atom is 0.241 e. The highest BCUT2D eigenvalue weighted by atomic mass is 32.2. The van der Waals surface area contributed by atoms with Crippen molar-refractivity contribution in [2.45, 2.75) is 24.7 Å². The molecule has 0 fully saturated rings. The Balaban J connectivity index is 2.87. The van der Waals surface area contributed by atoms with E-state index in [0.29, 0.717) is 12.1 Å². The maximum atomic E-state index is 12.3. The number of sulfonamides is 1. The molecule has 0 aromatic heterocycles. The average Bonchev–Trinajstić information content (AvgIpc) is 2.44. The number of aryl methyl sites for hydroxylation is 1. The molecule has 116 valence electrons. The Labute approximate surface area is 131 Å². The van der Waals surface area contributed by atoms with Crippen molar-refractivity contribution in [3.63, 3.8) is 0 Å². The number of thioether (sulfide) groups is 1. The summed E-state index contributed by atoms with van der Waals surface area (Å²) in [4.78, 5) is 0.221. The number of hydrogen-bond acceptors (Lipinski definition) is 4. The Bertz CT molecular complexity index is 616. The highest BCUT2D eigenvalue weighted by Gasteiger charge is 2.17. The molecular weight excluding hydrogens is 304 g/mol. The average molecular weight is 326 g/mol. The third-order valence-corrected chi connectivity index (χ3v) is 5.03. The second-order valence-electron chi connectivity index (χ2n) is 4.60. The van der Waals surface area contributed by atoms with Crippen LogP contribution in [0, 0.1) is 18.8 Å². The molecule has 0 spiro atoms. The normalized spacial score (nSPS) is 11.0. The smallest absolute Gasteiger partial charge is 0.241 e. The molecule has 0 unspecified atom stereocenters. The van der Waals surface area contributed by atoms with Gasteiger partial charge in [-0.05, 0) is 49.5 Å². The molecule has 6 heteroatoms. The molecule has 0 aliphatic rings.